The van der Waals surface area contributed by atoms with E-state index in [0.717, 1.165) is 18.7 Å². The van der Waals surface area contributed by atoms with E-state index < -0.39 is 0 Å². The Balaban J connectivity index is 2.07. The van der Waals surface area contributed by atoms with Gasteiger partial charge < -0.3 is 10.1 Å². The monoisotopic (exact) mass is 259 g/mol. The van der Waals surface area contributed by atoms with Gasteiger partial charge in [0.2, 0.25) is 0 Å². The van der Waals surface area contributed by atoms with Crippen molar-refractivity contribution in [3.63, 3.8) is 0 Å². The Hall–Kier alpha value is -1.81. The molecule has 0 aliphatic heterocycles. The molecule has 4 heteroatoms. The Kier molecular flexibility index (Phi) is 4.58. The lowest BCUT2D eigenvalue weighted by atomic mass is 10.0. The molecule has 0 saturated carbocycles. The molecule has 0 fully saturated rings. The van der Waals surface area contributed by atoms with Gasteiger partial charge in [0.25, 0.3) is 0 Å². The summed E-state index contributed by atoms with van der Waals surface area (Å²) in [6.07, 6.45) is 4.94. The van der Waals surface area contributed by atoms with Gasteiger partial charge in [-0.05, 0) is 12.5 Å². The van der Waals surface area contributed by atoms with E-state index in [2.05, 4.69) is 23.4 Å². The standard InChI is InChI=1S/C15H21N3O/c1-4-14(13-7-5-6-8-15(13)19-3)16-9-12-10-17-18(2)11-12/h5-8,10-11,14,16H,4,9H2,1-3H3. The van der Waals surface area contributed by atoms with E-state index >= 15 is 0 Å². The van der Waals surface area contributed by atoms with Crippen LogP contribution < -0.4 is 10.1 Å². The fourth-order valence-corrected chi connectivity index (χ4v) is 2.23. The van der Waals surface area contributed by atoms with E-state index in [4.69, 9.17) is 4.74 Å². The number of para-hydroxylation sites is 1. The lowest BCUT2D eigenvalue weighted by molar-refractivity contribution is 0.396. The predicted octanol–water partition coefficient (Wildman–Crippen LogP) is 2.67. The maximum absolute atomic E-state index is 5.43. The molecule has 0 bridgehead atoms. The fourth-order valence-electron chi connectivity index (χ4n) is 2.23. The highest BCUT2D eigenvalue weighted by molar-refractivity contribution is 5.35. The van der Waals surface area contributed by atoms with Gasteiger partial charge >= 0.3 is 0 Å². The second-order valence-corrected chi connectivity index (χ2v) is 4.61. The Bertz CT molecular complexity index is 522. The van der Waals surface area contributed by atoms with Crippen LogP contribution in [-0.2, 0) is 13.6 Å². The highest BCUT2D eigenvalue weighted by Crippen LogP contribution is 2.26. The summed E-state index contributed by atoms with van der Waals surface area (Å²) in [5.74, 6) is 0.938. The Morgan fingerprint density at radius 1 is 1.37 bits per heavy atom. The Morgan fingerprint density at radius 2 is 2.16 bits per heavy atom. The number of aryl methyl sites for hydroxylation is 1. The first-order valence-electron chi connectivity index (χ1n) is 6.58. The van der Waals surface area contributed by atoms with Crippen molar-refractivity contribution < 1.29 is 4.74 Å². The van der Waals surface area contributed by atoms with Crippen molar-refractivity contribution >= 4 is 0 Å². The zero-order valence-electron chi connectivity index (χ0n) is 11.8. The summed E-state index contributed by atoms with van der Waals surface area (Å²) < 4.78 is 7.25. The minimum Gasteiger partial charge on any atom is -0.496 e. The van der Waals surface area contributed by atoms with Gasteiger partial charge in [-0.15, -0.1) is 0 Å². The van der Waals surface area contributed by atoms with Crippen molar-refractivity contribution in [3.8, 4) is 5.75 Å². The summed E-state index contributed by atoms with van der Waals surface area (Å²) in [6.45, 7) is 2.98. The van der Waals surface area contributed by atoms with Gasteiger partial charge in [0, 0.05) is 37.0 Å². The molecular weight excluding hydrogens is 238 g/mol. The first kappa shape index (κ1) is 13.6. The maximum atomic E-state index is 5.43. The molecule has 1 aromatic heterocycles. The molecule has 102 valence electrons. The van der Waals surface area contributed by atoms with E-state index in [0.29, 0.717) is 0 Å². The van der Waals surface area contributed by atoms with Crippen LogP contribution in [0.2, 0.25) is 0 Å². The molecule has 0 saturated heterocycles. The van der Waals surface area contributed by atoms with Crippen LogP contribution in [0.25, 0.3) is 0 Å². The SMILES string of the molecule is CCC(NCc1cnn(C)c1)c1ccccc1OC. The van der Waals surface area contributed by atoms with Crippen LogP contribution in [0.3, 0.4) is 0 Å². The van der Waals surface area contributed by atoms with E-state index in [1.165, 1.54) is 11.1 Å². The highest BCUT2D eigenvalue weighted by Gasteiger charge is 2.13. The average Bonchev–Trinajstić information content (AvgIpc) is 2.86. The maximum Gasteiger partial charge on any atom is 0.123 e. The van der Waals surface area contributed by atoms with E-state index in [1.807, 2.05) is 42.3 Å². The number of rotatable bonds is 6. The molecule has 1 unspecified atom stereocenters. The topological polar surface area (TPSA) is 39.1 Å². The minimum absolute atomic E-state index is 0.288. The fraction of sp³-hybridized carbons (Fsp3) is 0.400. The van der Waals surface area contributed by atoms with Crippen LogP contribution in [0.4, 0.5) is 0 Å². The molecule has 4 nitrogen and oxygen atoms in total. The molecule has 0 spiro atoms. The number of hydrogen-bond acceptors (Lipinski definition) is 3. The van der Waals surface area contributed by atoms with Crippen LogP contribution in [0.15, 0.2) is 36.7 Å². The van der Waals surface area contributed by atoms with E-state index in [1.54, 1.807) is 7.11 Å². The van der Waals surface area contributed by atoms with Gasteiger partial charge in [0.1, 0.15) is 5.75 Å². The number of benzene rings is 1. The zero-order chi connectivity index (χ0) is 13.7. The summed E-state index contributed by atoms with van der Waals surface area (Å²) in [6, 6.07) is 8.45. The van der Waals surface area contributed by atoms with Gasteiger partial charge in [-0.1, -0.05) is 25.1 Å². The molecule has 1 N–H and O–H groups in total. The van der Waals surface area contributed by atoms with Crippen LogP contribution in [0.5, 0.6) is 5.75 Å². The van der Waals surface area contributed by atoms with Crippen molar-refractivity contribution in [2.24, 2.45) is 7.05 Å². The quantitative estimate of drug-likeness (QED) is 0.867. The van der Waals surface area contributed by atoms with Crippen LogP contribution in [-0.4, -0.2) is 16.9 Å². The van der Waals surface area contributed by atoms with Crippen LogP contribution in [0.1, 0.15) is 30.5 Å². The summed E-state index contributed by atoms with van der Waals surface area (Å²) in [5, 5.41) is 7.74. The molecular formula is C15H21N3O. The van der Waals surface area contributed by atoms with Gasteiger partial charge in [-0.25, -0.2) is 0 Å². The number of hydrogen-bond donors (Lipinski definition) is 1. The summed E-state index contributed by atoms with van der Waals surface area (Å²) >= 11 is 0. The molecule has 1 heterocycles. The van der Waals surface area contributed by atoms with Gasteiger partial charge in [-0.3, -0.25) is 4.68 Å². The van der Waals surface area contributed by atoms with E-state index in [9.17, 15) is 0 Å². The molecule has 19 heavy (non-hydrogen) atoms. The highest BCUT2D eigenvalue weighted by atomic mass is 16.5. The van der Waals surface area contributed by atoms with Crippen molar-refractivity contribution in [1.29, 1.82) is 0 Å². The minimum atomic E-state index is 0.288. The number of ether oxygens (including phenoxy) is 1. The van der Waals surface area contributed by atoms with E-state index in [-0.39, 0.29) is 6.04 Å². The molecule has 0 aliphatic carbocycles. The molecule has 2 aromatic rings. The molecule has 0 amide bonds. The molecule has 2 rings (SSSR count). The van der Waals surface area contributed by atoms with Crippen molar-refractivity contribution in [3.05, 3.63) is 47.8 Å². The second-order valence-electron chi connectivity index (χ2n) is 4.61. The third-order valence-corrected chi connectivity index (χ3v) is 3.23. The van der Waals surface area contributed by atoms with Gasteiger partial charge in [-0.2, -0.15) is 5.10 Å². The van der Waals surface area contributed by atoms with Crippen LogP contribution >= 0.6 is 0 Å². The Morgan fingerprint density at radius 3 is 2.79 bits per heavy atom. The van der Waals surface area contributed by atoms with Gasteiger partial charge in [0.15, 0.2) is 0 Å². The third-order valence-electron chi connectivity index (χ3n) is 3.23. The van der Waals surface area contributed by atoms with Crippen LogP contribution in [0, 0.1) is 0 Å². The largest absolute Gasteiger partial charge is 0.496 e. The molecule has 0 radical (unpaired) electrons. The Labute approximate surface area is 114 Å². The lowest BCUT2D eigenvalue weighted by Crippen LogP contribution is -2.20. The van der Waals surface area contributed by atoms with Crippen molar-refractivity contribution in [1.82, 2.24) is 15.1 Å². The molecule has 1 atom stereocenters. The number of methoxy groups -OCH3 is 1. The first-order chi connectivity index (χ1) is 9.24. The van der Waals surface area contributed by atoms with Crippen molar-refractivity contribution in [2.75, 3.05) is 7.11 Å². The first-order valence-corrected chi connectivity index (χ1v) is 6.58. The zero-order valence-corrected chi connectivity index (χ0v) is 11.8. The number of nitrogens with one attached hydrogen (secondary N) is 1. The number of nitrogens with zero attached hydrogens (tertiary/aromatic N) is 2. The molecule has 1 aromatic carbocycles. The summed E-state index contributed by atoms with van der Waals surface area (Å²) in [5.41, 5.74) is 2.40. The molecule has 0 aliphatic rings. The lowest BCUT2D eigenvalue weighted by Gasteiger charge is -2.19. The smallest absolute Gasteiger partial charge is 0.123 e. The predicted molar refractivity (Wildman–Crippen MR) is 76.1 cm³/mol. The van der Waals surface area contributed by atoms with Crippen molar-refractivity contribution in [2.45, 2.75) is 25.9 Å². The summed E-state index contributed by atoms with van der Waals surface area (Å²) in [7, 11) is 3.65. The second kappa shape index (κ2) is 6.38. The summed E-state index contributed by atoms with van der Waals surface area (Å²) in [4.78, 5) is 0. The average molecular weight is 259 g/mol. The van der Waals surface area contributed by atoms with Gasteiger partial charge in [0.05, 0.1) is 13.3 Å². The normalized spacial score (nSPS) is 12.4. The third kappa shape index (κ3) is 3.35. The number of aromatic nitrogens is 2.